The Morgan fingerprint density at radius 1 is 1.38 bits per heavy atom. The molecule has 13 heavy (non-hydrogen) atoms. The van der Waals surface area contributed by atoms with Crippen LogP contribution in [0.5, 0.6) is 0 Å². The molecule has 0 aliphatic heterocycles. The Labute approximate surface area is 92.3 Å². The molecule has 0 heterocycles. The second-order valence-corrected chi connectivity index (χ2v) is 4.34. The van der Waals surface area contributed by atoms with Crippen LogP contribution in [0.25, 0.3) is 0 Å². The molecule has 0 saturated heterocycles. The van der Waals surface area contributed by atoms with Gasteiger partial charge >= 0.3 is 0 Å². The Morgan fingerprint density at radius 3 is 2.23 bits per heavy atom. The molecule has 2 nitrogen and oxygen atoms in total. The molecule has 0 bridgehead atoms. The molecular formula is C10H14INO. The number of aliphatic hydroxyl groups excluding tert-OH is 1. The van der Waals surface area contributed by atoms with Gasteiger partial charge in [0.05, 0.1) is 12.6 Å². The van der Waals surface area contributed by atoms with Gasteiger partial charge in [0, 0.05) is 3.57 Å². The van der Waals surface area contributed by atoms with Gasteiger partial charge in [-0.15, -0.1) is 0 Å². The molecule has 0 aromatic heterocycles. The van der Waals surface area contributed by atoms with E-state index in [4.69, 9.17) is 10.8 Å². The quantitative estimate of drug-likeness (QED) is 0.818. The minimum Gasteiger partial charge on any atom is -0.394 e. The largest absolute Gasteiger partial charge is 0.394 e. The van der Waals surface area contributed by atoms with Crippen molar-refractivity contribution >= 4 is 22.6 Å². The first-order valence-electron chi connectivity index (χ1n) is 4.19. The highest BCUT2D eigenvalue weighted by Gasteiger charge is 2.07. The summed E-state index contributed by atoms with van der Waals surface area (Å²) in [5, 5.41) is 8.91. The highest BCUT2D eigenvalue weighted by molar-refractivity contribution is 14.1. The van der Waals surface area contributed by atoms with Crippen molar-refractivity contribution in [2.24, 2.45) is 5.73 Å². The fraction of sp³-hybridized carbons (Fsp3) is 0.400. The molecule has 0 aliphatic rings. The maximum Gasteiger partial charge on any atom is 0.0624 e. The molecule has 0 unspecified atom stereocenters. The second kappa shape index (κ2) is 4.39. The number of aryl methyl sites for hydroxylation is 2. The molecule has 0 spiro atoms. The van der Waals surface area contributed by atoms with E-state index in [1.165, 1.54) is 14.7 Å². The number of rotatable bonds is 2. The molecule has 1 rings (SSSR count). The summed E-state index contributed by atoms with van der Waals surface area (Å²) in [4.78, 5) is 0. The fourth-order valence-corrected chi connectivity index (χ4v) is 1.61. The maximum atomic E-state index is 8.91. The molecule has 1 aromatic rings. The van der Waals surface area contributed by atoms with Crippen molar-refractivity contribution < 1.29 is 5.11 Å². The lowest BCUT2D eigenvalue weighted by molar-refractivity contribution is 0.268. The topological polar surface area (TPSA) is 46.2 Å². The Bertz CT molecular complexity index is 289. The summed E-state index contributed by atoms with van der Waals surface area (Å²) in [6, 6.07) is 3.82. The Balaban J connectivity index is 3.13. The number of benzene rings is 1. The zero-order chi connectivity index (χ0) is 10.0. The van der Waals surface area contributed by atoms with Crippen LogP contribution in [-0.4, -0.2) is 11.7 Å². The van der Waals surface area contributed by atoms with E-state index in [9.17, 15) is 0 Å². The van der Waals surface area contributed by atoms with Gasteiger partial charge < -0.3 is 10.8 Å². The average Bonchev–Trinajstić information content (AvgIpc) is 2.12. The van der Waals surface area contributed by atoms with E-state index in [0.29, 0.717) is 0 Å². The number of aliphatic hydroxyl groups is 1. The van der Waals surface area contributed by atoms with Crippen LogP contribution in [0.15, 0.2) is 12.1 Å². The molecule has 0 amide bonds. The summed E-state index contributed by atoms with van der Waals surface area (Å²) < 4.78 is 1.27. The molecule has 3 N–H and O–H groups in total. The van der Waals surface area contributed by atoms with Gasteiger partial charge in [-0.05, 0) is 53.1 Å². The first-order valence-corrected chi connectivity index (χ1v) is 5.27. The molecule has 1 atom stereocenters. The number of hydrogen-bond donors (Lipinski definition) is 2. The minimum absolute atomic E-state index is 0.000523. The van der Waals surface area contributed by atoms with Crippen LogP contribution >= 0.6 is 22.6 Å². The summed E-state index contributed by atoms with van der Waals surface area (Å²) in [5.41, 5.74) is 9.19. The number of hydrogen-bond acceptors (Lipinski definition) is 2. The molecule has 0 aliphatic carbocycles. The van der Waals surface area contributed by atoms with Crippen LogP contribution in [0.1, 0.15) is 22.7 Å². The molecule has 1 aromatic carbocycles. The SMILES string of the molecule is Cc1cc([C@H](N)CO)cc(C)c1I. The van der Waals surface area contributed by atoms with E-state index in [0.717, 1.165) is 5.56 Å². The average molecular weight is 291 g/mol. The Morgan fingerprint density at radius 2 is 1.85 bits per heavy atom. The van der Waals surface area contributed by atoms with E-state index in [-0.39, 0.29) is 12.6 Å². The predicted octanol–water partition coefficient (Wildman–Crippen LogP) is 1.90. The first-order chi connectivity index (χ1) is 6.06. The maximum absolute atomic E-state index is 8.91. The summed E-state index contributed by atoms with van der Waals surface area (Å²) in [6.45, 7) is 4.12. The predicted molar refractivity (Wildman–Crippen MR) is 62.6 cm³/mol. The van der Waals surface area contributed by atoms with Gasteiger partial charge in [0.25, 0.3) is 0 Å². The standard InChI is InChI=1S/C10H14INO/c1-6-3-8(9(12)5-13)4-7(2)10(6)11/h3-4,9,13H,5,12H2,1-2H3/t9-/m1/s1. The smallest absolute Gasteiger partial charge is 0.0624 e. The first kappa shape index (κ1) is 10.9. The zero-order valence-electron chi connectivity index (χ0n) is 7.84. The third-order valence-corrected chi connectivity index (χ3v) is 3.79. The summed E-state index contributed by atoms with van der Waals surface area (Å²) >= 11 is 2.32. The van der Waals surface area contributed by atoms with Crippen molar-refractivity contribution in [3.8, 4) is 0 Å². The van der Waals surface area contributed by atoms with E-state index in [2.05, 4.69) is 36.4 Å². The molecule has 3 heteroatoms. The van der Waals surface area contributed by atoms with Gasteiger partial charge in [0.1, 0.15) is 0 Å². The van der Waals surface area contributed by atoms with Crippen LogP contribution in [-0.2, 0) is 0 Å². The highest BCUT2D eigenvalue weighted by atomic mass is 127. The van der Waals surface area contributed by atoms with Gasteiger partial charge in [-0.25, -0.2) is 0 Å². The van der Waals surface area contributed by atoms with Gasteiger partial charge in [0.15, 0.2) is 0 Å². The zero-order valence-corrected chi connectivity index (χ0v) is 10.00. The molecule has 72 valence electrons. The van der Waals surface area contributed by atoms with Gasteiger partial charge in [0.2, 0.25) is 0 Å². The lowest BCUT2D eigenvalue weighted by Gasteiger charge is -2.12. The Hall–Kier alpha value is -0.130. The van der Waals surface area contributed by atoms with Crippen LogP contribution in [0.4, 0.5) is 0 Å². The van der Waals surface area contributed by atoms with Gasteiger partial charge in [-0.2, -0.15) is 0 Å². The van der Waals surface area contributed by atoms with Crippen LogP contribution < -0.4 is 5.73 Å². The lowest BCUT2D eigenvalue weighted by Crippen LogP contribution is -2.15. The van der Waals surface area contributed by atoms with E-state index < -0.39 is 0 Å². The van der Waals surface area contributed by atoms with Crippen molar-refractivity contribution in [1.29, 1.82) is 0 Å². The fourth-order valence-electron chi connectivity index (χ4n) is 1.30. The summed E-state index contributed by atoms with van der Waals surface area (Å²) in [6.07, 6.45) is 0. The molecule has 0 fully saturated rings. The van der Waals surface area contributed by atoms with E-state index in [1.807, 2.05) is 12.1 Å². The molecule has 0 saturated carbocycles. The van der Waals surface area contributed by atoms with Crippen molar-refractivity contribution in [2.45, 2.75) is 19.9 Å². The third-order valence-electron chi connectivity index (χ3n) is 2.08. The summed E-state index contributed by atoms with van der Waals surface area (Å²) in [7, 11) is 0. The van der Waals surface area contributed by atoms with Crippen LogP contribution in [0.2, 0.25) is 0 Å². The van der Waals surface area contributed by atoms with Gasteiger partial charge in [-0.3, -0.25) is 0 Å². The third kappa shape index (κ3) is 2.42. The van der Waals surface area contributed by atoms with Crippen LogP contribution in [0, 0.1) is 17.4 Å². The minimum atomic E-state index is -0.255. The normalized spacial score (nSPS) is 13.0. The van der Waals surface area contributed by atoms with E-state index in [1.54, 1.807) is 0 Å². The van der Waals surface area contributed by atoms with Crippen molar-refractivity contribution in [2.75, 3.05) is 6.61 Å². The van der Waals surface area contributed by atoms with E-state index >= 15 is 0 Å². The highest BCUT2D eigenvalue weighted by Crippen LogP contribution is 2.21. The van der Waals surface area contributed by atoms with Crippen molar-refractivity contribution in [1.82, 2.24) is 0 Å². The number of halogens is 1. The second-order valence-electron chi connectivity index (χ2n) is 3.26. The Kier molecular flexibility index (Phi) is 3.70. The number of nitrogens with two attached hydrogens (primary N) is 1. The van der Waals surface area contributed by atoms with Crippen LogP contribution in [0.3, 0.4) is 0 Å². The van der Waals surface area contributed by atoms with Gasteiger partial charge in [-0.1, -0.05) is 12.1 Å². The monoisotopic (exact) mass is 291 g/mol. The summed E-state index contributed by atoms with van der Waals surface area (Å²) in [5.74, 6) is 0. The lowest BCUT2D eigenvalue weighted by atomic mass is 10.0. The van der Waals surface area contributed by atoms with Crippen molar-refractivity contribution in [3.63, 3.8) is 0 Å². The molecular weight excluding hydrogens is 277 g/mol. The molecule has 0 radical (unpaired) electrons. The van der Waals surface area contributed by atoms with Crippen molar-refractivity contribution in [3.05, 3.63) is 32.4 Å².